The zero-order valence-electron chi connectivity index (χ0n) is 32.2. The molecule has 2 aliphatic heterocycles. The highest BCUT2D eigenvalue weighted by molar-refractivity contribution is 7.00. The van der Waals surface area contributed by atoms with E-state index in [0.717, 1.165) is 38.3 Å². The first-order valence-electron chi connectivity index (χ1n) is 19.3. The second kappa shape index (κ2) is 10.3. The Morgan fingerprint density at radius 1 is 0.630 bits per heavy atom. The number of furan rings is 1. The average molecular weight is 721 g/mol. The predicted molar refractivity (Wildman–Crippen MR) is 230 cm³/mol. The average Bonchev–Trinajstić information content (AvgIpc) is 3.76. The fourth-order valence-electron chi connectivity index (χ4n) is 10.1. The summed E-state index contributed by atoms with van der Waals surface area (Å²) >= 11 is 7.02. The van der Waals surface area contributed by atoms with Gasteiger partial charge in [-0.15, -0.1) is 0 Å². The number of aromatic nitrogens is 1. The molecule has 0 saturated heterocycles. The standard InChI is InChI=1S/C49H42BClN2O/c1-47(2,3)27-22-32-43-46(30-14-9-11-16-33(30)49(43,7)8)53-39-25-28(48(4,5)6)24-38-44(39)50(35(23-27)45(32)53)34-21-20-29(51)26-37(34)52(38)36-17-13-19-41-42(36)31-15-10-12-18-40(31)54-41/h9-26H,1-8H3. The second-order valence-electron chi connectivity index (χ2n) is 18.3. The van der Waals surface area contributed by atoms with Crippen molar-refractivity contribution in [2.45, 2.75) is 71.6 Å². The van der Waals surface area contributed by atoms with Crippen molar-refractivity contribution in [3.05, 3.63) is 136 Å². The van der Waals surface area contributed by atoms with Crippen LogP contribution in [0.5, 0.6) is 0 Å². The molecule has 0 bridgehead atoms. The van der Waals surface area contributed by atoms with Gasteiger partial charge in [0, 0.05) is 49.4 Å². The third-order valence-electron chi connectivity index (χ3n) is 12.7. The van der Waals surface area contributed by atoms with Gasteiger partial charge in [0.05, 0.1) is 16.8 Å². The van der Waals surface area contributed by atoms with Crippen LogP contribution in [-0.2, 0) is 16.2 Å². The van der Waals surface area contributed by atoms with Crippen molar-refractivity contribution in [3.8, 4) is 16.9 Å². The number of nitrogens with zero attached hydrogens (tertiary/aromatic N) is 2. The summed E-state index contributed by atoms with van der Waals surface area (Å²) < 4.78 is 9.17. The van der Waals surface area contributed by atoms with E-state index >= 15 is 0 Å². The van der Waals surface area contributed by atoms with E-state index in [-0.39, 0.29) is 23.0 Å². The number of hydrogen-bond donors (Lipinski definition) is 0. The van der Waals surface area contributed by atoms with Crippen LogP contribution in [0.25, 0.3) is 49.8 Å². The maximum atomic E-state index is 7.02. The van der Waals surface area contributed by atoms with Gasteiger partial charge >= 0.3 is 0 Å². The van der Waals surface area contributed by atoms with Gasteiger partial charge in [0.25, 0.3) is 6.71 Å². The van der Waals surface area contributed by atoms with Gasteiger partial charge in [-0.3, -0.25) is 0 Å². The molecule has 5 heteroatoms. The Morgan fingerprint density at radius 2 is 1.33 bits per heavy atom. The SMILES string of the molecule is CC(C)(C)c1cc2c3c(c1)-n1c4c(c5cc(C(C)(C)C)cc(c51)B3c1ccc(Cl)cc1N2c1cccc2oc3ccccc3c12)C(C)(C)c1ccccc1-4. The summed E-state index contributed by atoms with van der Waals surface area (Å²) in [6, 6.07) is 40.5. The second-order valence-corrected chi connectivity index (χ2v) is 18.8. The largest absolute Gasteiger partial charge is 0.456 e. The van der Waals surface area contributed by atoms with Crippen LogP contribution in [0.15, 0.2) is 114 Å². The molecule has 264 valence electrons. The van der Waals surface area contributed by atoms with E-state index in [9.17, 15) is 0 Å². The highest BCUT2D eigenvalue weighted by atomic mass is 35.5. The van der Waals surface area contributed by atoms with E-state index in [1.165, 1.54) is 72.2 Å². The number of halogens is 1. The zero-order chi connectivity index (χ0) is 37.2. The molecule has 0 unspecified atom stereocenters. The summed E-state index contributed by atoms with van der Waals surface area (Å²) in [5, 5.41) is 4.32. The lowest BCUT2D eigenvalue weighted by Gasteiger charge is -2.42. The van der Waals surface area contributed by atoms with E-state index < -0.39 is 0 Å². The lowest BCUT2D eigenvalue weighted by atomic mass is 9.33. The molecule has 3 nitrogen and oxygen atoms in total. The summed E-state index contributed by atoms with van der Waals surface area (Å²) in [6.07, 6.45) is 0. The molecule has 0 N–H and O–H groups in total. The van der Waals surface area contributed by atoms with Crippen molar-refractivity contribution in [2.24, 2.45) is 0 Å². The van der Waals surface area contributed by atoms with Crippen LogP contribution in [0, 0.1) is 0 Å². The summed E-state index contributed by atoms with van der Waals surface area (Å²) in [7, 11) is 0. The summed E-state index contributed by atoms with van der Waals surface area (Å²) in [4.78, 5) is 2.49. The monoisotopic (exact) mass is 720 g/mol. The molecule has 3 aliphatic rings. The van der Waals surface area contributed by atoms with E-state index in [1.807, 2.05) is 6.07 Å². The van der Waals surface area contributed by atoms with Gasteiger partial charge in [0.1, 0.15) is 11.2 Å². The zero-order valence-corrected chi connectivity index (χ0v) is 32.9. The first-order valence-corrected chi connectivity index (χ1v) is 19.6. The number of benzene rings is 6. The molecule has 2 aromatic heterocycles. The van der Waals surface area contributed by atoms with Crippen molar-refractivity contribution in [3.63, 3.8) is 0 Å². The number of para-hydroxylation sites is 1. The minimum atomic E-state index is -0.163. The molecule has 0 radical (unpaired) electrons. The molecule has 0 atom stereocenters. The maximum absolute atomic E-state index is 7.02. The van der Waals surface area contributed by atoms with Crippen molar-refractivity contribution in [2.75, 3.05) is 4.90 Å². The molecule has 8 aromatic rings. The first-order chi connectivity index (χ1) is 25.7. The van der Waals surface area contributed by atoms with Crippen LogP contribution in [-0.4, -0.2) is 11.3 Å². The van der Waals surface area contributed by atoms with Gasteiger partial charge in [0.2, 0.25) is 0 Å². The van der Waals surface area contributed by atoms with Gasteiger partial charge in [-0.2, -0.15) is 0 Å². The Balaban J connectivity index is 1.36. The van der Waals surface area contributed by atoms with Crippen LogP contribution in [0.4, 0.5) is 17.1 Å². The number of hydrogen-bond acceptors (Lipinski definition) is 2. The third-order valence-corrected chi connectivity index (χ3v) is 12.9. The molecule has 0 amide bonds. The van der Waals surface area contributed by atoms with Gasteiger partial charge in [0.15, 0.2) is 0 Å². The molecule has 4 heterocycles. The van der Waals surface area contributed by atoms with Crippen LogP contribution in [0.1, 0.15) is 77.6 Å². The Labute approximate surface area is 322 Å². The summed E-state index contributed by atoms with van der Waals surface area (Å²) in [5.74, 6) is 0. The van der Waals surface area contributed by atoms with Crippen molar-refractivity contribution in [1.82, 2.24) is 4.57 Å². The highest BCUT2D eigenvalue weighted by Crippen LogP contribution is 2.55. The van der Waals surface area contributed by atoms with Crippen molar-refractivity contribution in [1.29, 1.82) is 0 Å². The fraction of sp³-hybridized carbons (Fsp3) is 0.224. The molecule has 6 aromatic carbocycles. The molecule has 1 aliphatic carbocycles. The normalized spacial score (nSPS) is 15.2. The maximum Gasteiger partial charge on any atom is 0.252 e. The van der Waals surface area contributed by atoms with E-state index in [1.54, 1.807) is 0 Å². The number of fused-ring (bicyclic) bond motifs is 12. The van der Waals surface area contributed by atoms with Crippen molar-refractivity contribution >= 4 is 84.6 Å². The number of anilines is 3. The van der Waals surface area contributed by atoms with Crippen molar-refractivity contribution < 1.29 is 4.42 Å². The Morgan fingerprint density at radius 3 is 2.13 bits per heavy atom. The van der Waals surface area contributed by atoms with E-state index in [2.05, 4.69) is 168 Å². The van der Waals surface area contributed by atoms with Crippen LogP contribution in [0.3, 0.4) is 0 Å². The minimum Gasteiger partial charge on any atom is -0.456 e. The van der Waals surface area contributed by atoms with Gasteiger partial charge in [-0.1, -0.05) is 128 Å². The van der Waals surface area contributed by atoms with Gasteiger partial charge in [-0.25, -0.2) is 0 Å². The summed E-state index contributed by atoms with van der Waals surface area (Å²) in [5.41, 5.74) is 19.6. The first kappa shape index (κ1) is 32.3. The number of rotatable bonds is 1. The molecule has 0 spiro atoms. The Hall–Kier alpha value is -5.19. The molecule has 0 fully saturated rings. The van der Waals surface area contributed by atoms with Gasteiger partial charge < -0.3 is 13.9 Å². The smallest absolute Gasteiger partial charge is 0.252 e. The van der Waals surface area contributed by atoms with E-state index in [0.29, 0.717) is 0 Å². The molecule has 0 saturated carbocycles. The Kier molecular flexibility index (Phi) is 6.16. The fourth-order valence-corrected chi connectivity index (χ4v) is 10.3. The van der Waals surface area contributed by atoms with Crippen LogP contribution >= 0.6 is 11.6 Å². The molecule has 11 rings (SSSR count). The molecular weight excluding hydrogens is 679 g/mol. The van der Waals surface area contributed by atoms with Crippen LogP contribution < -0.4 is 21.3 Å². The lowest BCUT2D eigenvalue weighted by Crippen LogP contribution is -2.60. The lowest BCUT2D eigenvalue weighted by molar-refractivity contribution is 0.590. The third kappa shape index (κ3) is 4.05. The topological polar surface area (TPSA) is 21.3 Å². The van der Waals surface area contributed by atoms with Crippen LogP contribution in [0.2, 0.25) is 5.02 Å². The minimum absolute atomic E-state index is 0.0125. The summed E-state index contributed by atoms with van der Waals surface area (Å²) in [6.45, 7) is 18.9. The quantitative estimate of drug-likeness (QED) is 0.157. The highest BCUT2D eigenvalue weighted by Gasteiger charge is 2.48. The Bertz CT molecular complexity index is 2970. The van der Waals surface area contributed by atoms with E-state index in [4.69, 9.17) is 16.0 Å². The molecular formula is C49H42BClN2O. The molecule has 54 heavy (non-hydrogen) atoms. The predicted octanol–water partition coefficient (Wildman–Crippen LogP) is 11.7. The van der Waals surface area contributed by atoms with Gasteiger partial charge in [-0.05, 0) is 98.0 Å².